The molecule has 24 heavy (non-hydrogen) atoms. The van der Waals surface area contributed by atoms with Crippen molar-refractivity contribution in [1.82, 2.24) is 0 Å². The second-order valence-corrected chi connectivity index (χ2v) is 6.24. The third-order valence-electron chi connectivity index (χ3n) is 3.64. The number of ether oxygens (including phenoxy) is 2. The summed E-state index contributed by atoms with van der Waals surface area (Å²) >= 11 is 0. The fourth-order valence-corrected chi connectivity index (χ4v) is 2.58. The highest BCUT2D eigenvalue weighted by Crippen LogP contribution is 2.35. The number of benzene rings is 2. The van der Waals surface area contributed by atoms with Gasteiger partial charge in [-0.15, -0.1) is 0 Å². The maximum absolute atomic E-state index is 11.6. The van der Waals surface area contributed by atoms with E-state index in [1.807, 2.05) is 12.1 Å². The predicted molar refractivity (Wildman–Crippen MR) is 91.4 cm³/mol. The molecule has 2 aromatic rings. The van der Waals surface area contributed by atoms with Gasteiger partial charge in [-0.05, 0) is 55.3 Å². The minimum atomic E-state index is -0.914. The summed E-state index contributed by atoms with van der Waals surface area (Å²) in [5.74, 6) is 0.132. The van der Waals surface area contributed by atoms with Crippen molar-refractivity contribution in [1.29, 1.82) is 0 Å². The van der Waals surface area contributed by atoms with Crippen molar-refractivity contribution >= 4 is 5.97 Å². The molecule has 0 aliphatic carbocycles. The topological polar surface area (TPSA) is 76.0 Å². The Labute approximate surface area is 141 Å². The molecule has 2 aromatic carbocycles. The molecule has 0 aromatic heterocycles. The first-order chi connectivity index (χ1) is 11.2. The molecule has 0 bridgehead atoms. The maximum Gasteiger partial charge on any atom is 0.337 e. The third kappa shape index (κ3) is 4.06. The van der Waals surface area contributed by atoms with Gasteiger partial charge in [-0.1, -0.05) is 6.07 Å². The van der Waals surface area contributed by atoms with Crippen LogP contribution < -0.4 is 4.74 Å². The van der Waals surface area contributed by atoms with Crippen LogP contribution in [0.3, 0.4) is 0 Å². The van der Waals surface area contributed by atoms with E-state index in [-0.39, 0.29) is 11.3 Å². The molecule has 0 aliphatic rings. The third-order valence-corrected chi connectivity index (χ3v) is 3.64. The predicted octanol–water partition coefficient (Wildman–Crippen LogP) is 3.17. The van der Waals surface area contributed by atoms with E-state index in [0.29, 0.717) is 17.7 Å². The lowest BCUT2D eigenvalue weighted by atomic mass is 9.90. The van der Waals surface area contributed by atoms with Crippen LogP contribution >= 0.6 is 0 Å². The average molecular weight is 330 g/mol. The molecule has 0 fully saturated rings. The van der Waals surface area contributed by atoms with Gasteiger partial charge in [0.1, 0.15) is 11.5 Å². The number of phenolic OH excluding ortho intramolecular Hbond substituents is 1. The monoisotopic (exact) mass is 330 g/mol. The zero-order valence-corrected chi connectivity index (χ0v) is 14.3. The molecule has 0 aliphatic heterocycles. The van der Waals surface area contributed by atoms with Crippen LogP contribution in [0.4, 0.5) is 0 Å². The Morgan fingerprint density at radius 2 is 1.75 bits per heavy atom. The molecule has 128 valence electrons. The zero-order valence-electron chi connectivity index (χ0n) is 14.3. The summed E-state index contributed by atoms with van der Waals surface area (Å²) in [7, 11) is 2.86. The van der Waals surface area contributed by atoms with Crippen LogP contribution in [0.5, 0.6) is 11.5 Å². The van der Waals surface area contributed by atoms with E-state index in [1.165, 1.54) is 13.2 Å². The van der Waals surface area contributed by atoms with E-state index in [2.05, 4.69) is 4.74 Å². The van der Waals surface area contributed by atoms with Crippen LogP contribution in [-0.2, 0) is 11.2 Å². The second kappa shape index (κ2) is 6.93. The molecular weight excluding hydrogens is 308 g/mol. The lowest BCUT2D eigenvalue weighted by Crippen LogP contribution is -2.22. The van der Waals surface area contributed by atoms with Gasteiger partial charge < -0.3 is 19.7 Å². The molecule has 5 heteroatoms. The molecule has 0 radical (unpaired) electrons. The van der Waals surface area contributed by atoms with E-state index in [9.17, 15) is 15.0 Å². The van der Waals surface area contributed by atoms with E-state index in [4.69, 9.17) is 4.74 Å². The fraction of sp³-hybridized carbons (Fsp3) is 0.316. The van der Waals surface area contributed by atoms with Crippen LogP contribution in [0.15, 0.2) is 36.4 Å². The van der Waals surface area contributed by atoms with Crippen molar-refractivity contribution in [3.8, 4) is 22.6 Å². The van der Waals surface area contributed by atoms with Gasteiger partial charge >= 0.3 is 5.97 Å². The van der Waals surface area contributed by atoms with Crippen LogP contribution in [0.1, 0.15) is 29.8 Å². The summed E-state index contributed by atoms with van der Waals surface area (Å²) in [6.07, 6.45) is 0.387. The molecule has 0 saturated heterocycles. The lowest BCUT2D eigenvalue weighted by molar-refractivity contribution is 0.0600. The number of carbonyl (C=O) groups is 1. The van der Waals surface area contributed by atoms with Gasteiger partial charge in [0.15, 0.2) is 0 Å². The SMILES string of the molecule is COC(=O)c1ccc(-c2ccc(OC)cc2CC(C)(C)O)c(O)c1. The first kappa shape index (κ1) is 17.8. The number of phenols is 1. The van der Waals surface area contributed by atoms with Gasteiger partial charge in [0.05, 0.1) is 25.4 Å². The minimum absolute atomic E-state index is 0.0277. The summed E-state index contributed by atoms with van der Waals surface area (Å²) in [6.45, 7) is 3.44. The van der Waals surface area contributed by atoms with Gasteiger partial charge in [-0.2, -0.15) is 0 Å². The first-order valence-electron chi connectivity index (χ1n) is 7.56. The van der Waals surface area contributed by atoms with Crippen molar-refractivity contribution in [3.05, 3.63) is 47.5 Å². The van der Waals surface area contributed by atoms with Crippen LogP contribution in [0.2, 0.25) is 0 Å². The van der Waals surface area contributed by atoms with E-state index in [1.54, 1.807) is 39.2 Å². The number of aromatic hydroxyl groups is 1. The first-order valence-corrected chi connectivity index (χ1v) is 7.56. The summed E-state index contributed by atoms with van der Waals surface area (Å²) in [4.78, 5) is 11.6. The van der Waals surface area contributed by atoms with Crippen LogP contribution in [0.25, 0.3) is 11.1 Å². The molecule has 5 nitrogen and oxygen atoms in total. The Morgan fingerprint density at radius 1 is 1.08 bits per heavy atom. The van der Waals surface area contributed by atoms with Gasteiger partial charge in [0, 0.05) is 12.0 Å². The number of carbonyl (C=O) groups excluding carboxylic acids is 1. The van der Waals surface area contributed by atoms with Crippen molar-refractivity contribution in [2.75, 3.05) is 14.2 Å². The summed E-state index contributed by atoms with van der Waals surface area (Å²) in [6, 6.07) is 10.1. The Morgan fingerprint density at radius 3 is 2.29 bits per heavy atom. The lowest BCUT2D eigenvalue weighted by Gasteiger charge is -2.20. The maximum atomic E-state index is 11.6. The summed E-state index contributed by atoms with van der Waals surface area (Å²) in [5.41, 5.74) is 1.54. The number of methoxy groups -OCH3 is 2. The highest BCUT2D eigenvalue weighted by Gasteiger charge is 2.19. The molecular formula is C19H22O5. The Balaban J connectivity index is 2.53. The Bertz CT molecular complexity index is 744. The Kier molecular flexibility index (Phi) is 5.14. The van der Waals surface area contributed by atoms with Crippen LogP contribution in [0, 0.1) is 0 Å². The van der Waals surface area contributed by atoms with E-state index in [0.717, 1.165) is 11.1 Å². The number of aliphatic hydroxyl groups is 1. The molecule has 0 unspecified atom stereocenters. The normalized spacial score (nSPS) is 11.2. The molecule has 2 N–H and O–H groups in total. The zero-order chi connectivity index (χ0) is 17.9. The quantitative estimate of drug-likeness (QED) is 0.824. The van der Waals surface area contributed by atoms with Crippen molar-refractivity contribution in [3.63, 3.8) is 0 Å². The fourth-order valence-electron chi connectivity index (χ4n) is 2.58. The van der Waals surface area contributed by atoms with Gasteiger partial charge in [0.25, 0.3) is 0 Å². The molecule has 2 rings (SSSR count). The average Bonchev–Trinajstić information content (AvgIpc) is 2.52. The number of esters is 1. The molecule has 0 amide bonds. The summed E-state index contributed by atoms with van der Waals surface area (Å²) < 4.78 is 9.91. The highest BCUT2D eigenvalue weighted by molar-refractivity contribution is 5.91. The van der Waals surface area contributed by atoms with E-state index < -0.39 is 11.6 Å². The smallest absolute Gasteiger partial charge is 0.337 e. The largest absolute Gasteiger partial charge is 0.507 e. The van der Waals surface area contributed by atoms with Crippen molar-refractivity contribution < 1.29 is 24.5 Å². The molecule has 0 spiro atoms. The number of hydrogen-bond acceptors (Lipinski definition) is 5. The Hall–Kier alpha value is -2.53. The number of hydrogen-bond donors (Lipinski definition) is 2. The standard InChI is InChI=1S/C19H22O5/c1-19(2,22)11-13-9-14(23-3)6-8-15(13)16-7-5-12(10-17(16)20)18(21)24-4/h5-10,20,22H,11H2,1-4H3. The number of rotatable bonds is 5. The molecule has 0 saturated carbocycles. The van der Waals surface area contributed by atoms with Gasteiger partial charge in [-0.3, -0.25) is 0 Å². The minimum Gasteiger partial charge on any atom is -0.507 e. The highest BCUT2D eigenvalue weighted by atomic mass is 16.5. The molecule has 0 heterocycles. The van der Waals surface area contributed by atoms with Crippen molar-refractivity contribution in [2.45, 2.75) is 25.9 Å². The van der Waals surface area contributed by atoms with E-state index >= 15 is 0 Å². The summed E-state index contributed by atoms with van der Waals surface area (Å²) in [5, 5.41) is 20.5. The van der Waals surface area contributed by atoms with Gasteiger partial charge in [0.2, 0.25) is 0 Å². The second-order valence-electron chi connectivity index (χ2n) is 6.24. The van der Waals surface area contributed by atoms with Crippen LogP contribution in [-0.4, -0.2) is 36.0 Å². The van der Waals surface area contributed by atoms with Crippen molar-refractivity contribution in [2.24, 2.45) is 0 Å². The van der Waals surface area contributed by atoms with Gasteiger partial charge in [-0.25, -0.2) is 4.79 Å². The molecule has 0 atom stereocenters.